The summed E-state index contributed by atoms with van der Waals surface area (Å²) in [7, 11) is -3.13. The smallest absolute Gasteiger partial charge is 0.309 e. The molecule has 2 aliphatic rings. The zero-order valence-electron chi connectivity index (χ0n) is 13.0. The highest BCUT2D eigenvalue weighted by atomic mass is 32.2. The molecule has 2 amide bonds. The van der Waals surface area contributed by atoms with Crippen molar-refractivity contribution in [3.05, 3.63) is 0 Å². The van der Waals surface area contributed by atoms with Crippen molar-refractivity contribution in [3.8, 4) is 0 Å². The van der Waals surface area contributed by atoms with E-state index < -0.39 is 21.8 Å². The number of amides is 2. The fourth-order valence-corrected chi connectivity index (χ4v) is 3.96. The Balaban J connectivity index is 1.67. The lowest BCUT2D eigenvalue weighted by molar-refractivity contribution is -0.139. The molecule has 0 bridgehead atoms. The number of carbonyl (C=O) groups is 2. The van der Waals surface area contributed by atoms with E-state index in [1.165, 1.54) is 10.6 Å². The third-order valence-electron chi connectivity index (χ3n) is 4.49. The Morgan fingerprint density at radius 2 is 1.64 bits per heavy atom. The molecule has 0 aromatic heterocycles. The van der Waals surface area contributed by atoms with Crippen molar-refractivity contribution in [1.29, 1.82) is 0 Å². The number of carbonyl (C=O) groups excluding carboxylic acids is 2. The average molecular weight is 331 g/mol. The topological polar surface area (TPSA) is 95.6 Å². The van der Waals surface area contributed by atoms with Gasteiger partial charge in [0.15, 0.2) is 0 Å². The summed E-state index contributed by atoms with van der Waals surface area (Å²) in [6.07, 6.45) is 6.72. The van der Waals surface area contributed by atoms with Crippen molar-refractivity contribution >= 4 is 21.8 Å². The van der Waals surface area contributed by atoms with Crippen LogP contribution in [0.5, 0.6) is 0 Å². The van der Waals surface area contributed by atoms with Crippen LogP contribution in [0.1, 0.15) is 38.5 Å². The van der Waals surface area contributed by atoms with E-state index >= 15 is 0 Å². The van der Waals surface area contributed by atoms with Crippen LogP contribution in [0.25, 0.3) is 0 Å². The minimum Gasteiger partial charge on any atom is -0.348 e. The van der Waals surface area contributed by atoms with Gasteiger partial charge in [0.1, 0.15) is 0 Å². The molecule has 0 aromatic rings. The molecule has 126 valence electrons. The fourth-order valence-electron chi connectivity index (χ4n) is 3.08. The van der Waals surface area contributed by atoms with E-state index in [1.54, 1.807) is 0 Å². The largest absolute Gasteiger partial charge is 0.348 e. The molecule has 8 heteroatoms. The van der Waals surface area contributed by atoms with Crippen LogP contribution < -0.4 is 10.6 Å². The lowest BCUT2D eigenvalue weighted by atomic mass is 9.98. The Morgan fingerprint density at radius 1 is 1.05 bits per heavy atom. The van der Waals surface area contributed by atoms with Crippen LogP contribution in [0.15, 0.2) is 0 Å². The first kappa shape index (κ1) is 17.2. The maximum Gasteiger partial charge on any atom is 0.309 e. The minimum absolute atomic E-state index is 0.135. The molecule has 1 heterocycles. The van der Waals surface area contributed by atoms with Crippen molar-refractivity contribution < 1.29 is 18.0 Å². The van der Waals surface area contributed by atoms with Crippen LogP contribution in [0.4, 0.5) is 0 Å². The molecule has 1 aliphatic heterocycles. The number of piperidine rings is 1. The Labute approximate surface area is 131 Å². The molecule has 0 atom stereocenters. The average Bonchev–Trinajstić information content (AvgIpc) is 2.97. The summed E-state index contributed by atoms with van der Waals surface area (Å²) in [5.74, 6) is -0.917. The molecule has 7 nitrogen and oxygen atoms in total. The van der Waals surface area contributed by atoms with Gasteiger partial charge in [-0.3, -0.25) is 9.59 Å². The maximum atomic E-state index is 11.8. The number of hydrogen-bond acceptors (Lipinski definition) is 4. The van der Waals surface area contributed by atoms with Crippen LogP contribution in [-0.2, 0) is 19.6 Å². The zero-order valence-corrected chi connectivity index (χ0v) is 13.8. The summed E-state index contributed by atoms with van der Waals surface area (Å²) in [5, 5.41) is 5.42. The van der Waals surface area contributed by atoms with Gasteiger partial charge in [0.05, 0.1) is 6.26 Å². The first-order valence-electron chi connectivity index (χ1n) is 7.90. The standard InChI is InChI=1S/C14H25N3O4S/c1-22(20,21)17-8-6-11(7-9-17)10-15-13(18)14(19)16-12-4-2-3-5-12/h11-12H,2-10H2,1H3,(H,15,18)(H,16,19). The van der Waals surface area contributed by atoms with E-state index in [0.717, 1.165) is 25.7 Å². The maximum absolute atomic E-state index is 11.8. The van der Waals surface area contributed by atoms with Crippen molar-refractivity contribution in [3.63, 3.8) is 0 Å². The summed E-state index contributed by atoms with van der Waals surface area (Å²) in [5.41, 5.74) is 0. The number of sulfonamides is 1. The van der Waals surface area contributed by atoms with Gasteiger partial charge < -0.3 is 10.6 Å². The molecular formula is C14H25N3O4S. The predicted molar refractivity (Wildman–Crippen MR) is 82.5 cm³/mol. The molecule has 1 aliphatic carbocycles. The Hall–Kier alpha value is -1.15. The zero-order chi connectivity index (χ0) is 16.2. The lowest BCUT2D eigenvalue weighted by Crippen LogP contribution is -2.46. The van der Waals surface area contributed by atoms with Crippen LogP contribution in [0, 0.1) is 5.92 Å². The van der Waals surface area contributed by atoms with E-state index in [0.29, 0.717) is 32.5 Å². The highest BCUT2D eigenvalue weighted by molar-refractivity contribution is 7.88. The van der Waals surface area contributed by atoms with E-state index in [-0.39, 0.29) is 12.0 Å². The van der Waals surface area contributed by atoms with Crippen molar-refractivity contribution in [2.75, 3.05) is 25.9 Å². The molecular weight excluding hydrogens is 306 g/mol. The van der Waals surface area contributed by atoms with Gasteiger partial charge in [-0.05, 0) is 31.6 Å². The van der Waals surface area contributed by atoms with Gasteiger partial charge in [0, 0.05) is 25.7 Å². The van der Waals surface area contributed by atoms with E-state index in [1.807, 2.05) is 0 Å². The molecule has 2 rings (SSSR count). The molecule has 0 radical (unpaired) electrons. The molecule has 0 spiro atoms. The normalized spacial score (nSPS) is 21.7. The monoisotopic (exact) mass is 331 g/mol. The second-order valence-electron chi connectivity index (χ2n) is 6.27. The second kappa shape index (κ2) is 7.41. The van der Waals surface area contributed by atoms with Crippen molar-refractivity contribution in [1.82, 2.24) is 14.9 Å². The predicted octanol–water partition coefficient (Wildman–Crippen LogP) is -0.167. The van der Waals surface area contributed by atoms with Crippen LogP contribution in [-0.4, -0.2) is 56.5 Å². The molecule has 1 saturated carbocycles. The van der Waals surface area contributed by atoms with Crippen molar-refractivity contribution in [2.45, 2.75) is 44.6 Å². The summed E-state index contributed by atoms with van der Waals surface area (Å²) >= 11 is 0. The van der Waals surface area contributed by atoms with E-state index in [9.17, 15) is 18.0 Å². The van der Waals surface area contributed by atoms with Gasteiger partial charge in [-0.15, -0.1) is 0 Å². The van der Waals surface area contributed by atoms with Gasteiger partial charge in [-0.25, -0.2) is 12.7 Å². The Bertz CT molecular complexity index is 506. The first-order chi connectivity index (χ1) is 10.4. The molecule has 2 N–H and O–H groups in total. The molecule has 22 heavy (non-hydrogen) atoms. The van der Waals surface area contributed by atoms with Crippen molar-refractivity contribution in [2.24, 2.45) is 5.92 Å². The van der Waals surface area contributed by atoms with E-state index in [2.05, 4.69) is 10.6 Å². The van der Waals surface area contributed by atoms with Gasteiger partial charge in [0.25, 0.3) is 0 Å². The van der Waals surface area contributed by atoms with Crippen LogP contribution in [0.2, 0.25) is 0 Å². The van der Waals surface area contributed by atoms with Crippen LogP contribution in [0.3, 0.4) is 0 Å². The molecule has 0 aromatic carbocycles. The third kappa shape index (κ3) is 4.95. The SMILES string of the molecule is CS(=O)(=O)N1CCC(CNC(=O)C(=O)NC2CCCC2)CC1. The van der Waals surface area contributed by atoms with Gasteiger partial charge >= 0.3 is 11.8 Å². The highest BCUT2D eigenvalue weighted by Gasteiger charge is 2.26. The summed E-state index contributed by atoms with van der Waals surface area (Å²) in [6, 6.07) is 0.135. The second-order valence-corrected chi connectivity index (χ2v) is 8.25. The molecule has 1 saturated heterocycles. The first-order valence-corrected chi connectivity index (χ1v) is 9.75. The van der Waals surface area contributed by atoms with Gasteiger partial charge in [-0.1, -0.05) is 12.8 Å². The summed E-state index contributed by atoms with van der Waals surface area (Å²) in [4.78, 5) is 23.5. The summed E-state index contributed by atoms with van der Waals surface area (Å²) < 4.78 is 24.3. The quantitative estimate of drug-likeness (QED) is 0.699. The van der Waals surface area contributed by atoms with Gasteiger partial charge in [0.2, 0.25) is 10.0 Å². The minimum atomic E-state index is -3.13. The molecule has 0 unspecified atom stereocenters. The third-order valence-corrected chi connectivity index (χ3v) is 5.79. The highest BCUT2D eigenvalue weighted by Crippen LogP contribution is 2.19. The summed E-state index contributed by atoms with van der Waals surface area (Å²) in [6.45, 7) is 1.38. The number of hydrogen-bond donors (Lipinski definition) is 2. The lowest BCUT2D eigenvalue weighted by Gasteiger charge is -2.30. The van der Waals surface area contributed by atoms with E-state index in [4.69, 9.17) is 0 Å². The number of nitrogens with zero attached hydrogens (tertiary/aromatic N) is 1. The number of nitrogens with one attached hydrogen (secondary N) is 2. The Kier molecular flexibility index (Phi) is 5.80. The fraction of sp³-hybridized carbons (Fsp3) is 0.857. The van der Waals surface area contributed by atoms with Gasteiger partial charge in [-0.2, -0.15) is 0 Å². The molecule has 2 fully saturated rings. The number of rotatable bonds is 4. The Morgan fingerprint density at radius 3 is 2.18 bits per heavy atom. The van der Waals surface area contributed by atoms with Crippen LogP contribution >= 0.6 is 0 Å².